The fourth-order valence-electron chi connectivity index (χ4n) is 5.63. The molecule has 39 heavy (non-hydrogen) atoms. The van der Waals surface area contributed by atoms with Crippen LogP contribution < -0.4 is 4.74 Å². The van der Waals surface area contributed by atoms with Gasteiger partial charge in [0.05, 0.1) is 29.2 Å². The van der Waals surface area contributed by atoms with E-state index < -0.39 is 0 Å². The Morgan fingerprint density at radius 1 is 0.718 bits per heavy atom. The van der Waals surface area contributed by atoms with E-state index in [1.54, 1.807) is 0 Å². The topological polar surface area (TPSA) is 18.5 Å². The zero-order chi connectivity index (χ0) is 26.7. The van der Waals surface area contributed by atoms with Crippen molar-refractivity contribution in [3.8, 4) is 16.9 Å². The Morgan fingerprint density at radius 3 is 2.00 bits per heavy atom. The summed E-state index contributed by atoms with van der Waals surface area (Å²) in [6.07, 6.45) is 12.2. The van der Waals surface area contributed by atoms with Crippen LogP contribution in [0.1, 0.15) is 70.8 Å². The van der Waals surface area contributed by atoms with Crippen molar-refractivity contribution in [1.29, 1.82) is 0 Å². The molecular weight excluding hydrogens is 517 g/mol. The fourth-order valence-corrected chi connectivity index (χ4v) is 8.39. The highest BCUT2D eigenvalue weighted by Crippen LogP contribution is 2.45. The number of ether oxygens (including phenoxy) is 2. The lowest BCUT2D eigenvalue weighted by atomic mass is 9.90. The largest absolute Gasteiger partial charge is 0.493 e. The highest BCUT2D eigenvalue weighted by Gasteiger charge is 2.34. The molecule has 4 heteroatoms. The van der Waals surface area contributed by atoms with Gasteiger partial charge >= 0.3 is 0 Å². The molecule has 0 aliphatic carbocycles. The summed E-state index contributed by atoms with van der Waals surface area (Å²) in [7, 11) is 0. The van der Waals surface area contributed by atoms with Gasteiger partial charge in [-0.1, -0.05) is 95.2 Å². The lowest BCUT2D eigenvalue weighted by molar-refractivity contribution is -0.120. The summed E-state index contributed by atoms with van der Waals surface area (Å²) in [6.45, 7) is 6.79. The Labute approximate surface area is 241 Å². The highest BCUT2D eigenvalue weighted by molar-refractivity contribution is 7.36. The highest BCUT2D eigenvalue weighted by atomic mass is 32.1. The Hall–Kier alpha value is -2.40. The number of hydrogen-bond acceptors (Lipinski definition) is 4. The van der Waals surface area contributed by atoms with Crippen LogP contribution in [-0.4, -0.2) is 19.8 Å². The van der Waals surface area contributed by atoms with Crippen LogP contribution in [0.15, 0.2) is 60.7 Å². The summed E-state index contributed by atoms with van der Waals surface area (Å²) in [5.74, 6) is 0.929. The second-order valence-corrected chi connectivity index (χ2v) is 13.8. The van der Waals surface area contributed by atoms with E-state index in [9.17, 15) is 0 Å². The standard InChI is InChI=1S/C35H40O2S2/c1-3-4-5-6-7-8-9-10-11-25-12-18-29-31(20-25)38-34-30-19-15-27(21-32(30)39-33(29)34)26-13-16-28(17-14-26)37-24-35(2)22-36-23-35/h12-21H,3-11,22-24H2,1-2H3. The minimum atomic E-state index is 0.161. The Bertz CT molecular complexity index is 1540. The SMILES string of the molecule is CCCCCCCCCCc1ccc2c(c1)sc1c3ccc(-c4ccc(OCC5(C)COC5)cc4)cc3sc21. The van der Waals surface area contributed by atoms with Crippen molar-refractivity contribution in [3.63, 3.8) is 0 Å². The Kier molecular flexibility index (Phi) is 8.25. The molecule has 204 valence electrons. The smallest absolute Gasteiger partial charge is 0.119 e. The molecule has 0 radical (unpaired) electrons. The summed E-state index contributed by atoms with van der Waals surface area (Å²) >= 11 is 3.91. The third-order valence-electron chi connectivity index (χ3n) is 8.14. The Morgan fingerprint density at radius 2 is 1.33 bits per heavy atom. The molecule has 0 bridgehead atoms. The summed E-state index contributed by atoms with van der Waals surface area (Å²) in [5.41, 5.74) is 4.15. The van der Waals surface area contributed by atoms with E-state index in [0.717, 1.165) is 19.0 Å². The van der Waals surface area contributed by atoms with Crippen molar-refractivity contribution in [2.75, 3.05) is 19.8 Å². The molecule has 6 rings (SSSR count). The first-order valence-corrected chi connectivity index (χ1v) is 16.4. The van der Waals surface area contributed by atoms with E-state index in [1.165, 1.54) is 104 Å². The molecule has 1 aliphatic rings. The van der Waals surface area contributed by atoms with Crippen LogP contribution in [0.4, 0.5) is 0 Å². The van der Waals surface area contributed by atoms with Gasteiger partial charge in [-0.3, -0.25) is 0 Å². The number of rotatable bonds is 13. The maximum Gasteiger partial charge on any atom is 0.119 e. The normalized spacial score (nSPS) is 14.8. The lowest BCUT2D eigenvalue weighted by Crippen LogP contribution is -2.44. The molecule has 3 aromatic carbocycles. The van der Waals surface area contributed by atoms with Crippen LogP contribution in [-0.2, 0) is 11.2 Å². The fraction of sp³-hybridized carbons (Fsp3) is 0.429. The van der Waals surface area contributed by atoms with E-state index in [4.69, 9.17) is 9.47 Å². The van der Waals surface area contributed by atoms with E-state index in [2.05, 4.69) is 74.5 Å². The van der Waals surface area contributed by atoms with Crippen molar-refractivity contribution < 1.29 is 9.47 Å². The molecule has 5 aromatic rings. The minimum absolute atomic E-state index is 0.161. The number of unbranched alkanes of at least 4 members (excludes halogenated alkanes) is 7. The van der Waals surface area contributed by atoms with Crippen molar-refractivity contribution in [1.82, 2.24) is 0 Å². The van der Waals surface area contributed by atoms with Crippen molar-refractivity contribution in [3.05, 3.63) is 66.2 Å². The first-order chi connectivity index (χ1) is 19.1. The average molecular weight is 557 g/mol. The molecule has 1 saturated heterocycles. The molecule has 0 saturated carbocycles. The predicted octanol–water partition coefficient (Wildman–Crippen LogP) is 11.0. The molecule has 0 amide bonds. The second-order valence-electron chi connectivity index (χ2n) is 11.7. The summed E-state index contributed by atoms with van der Waals surface area (Å²) in [5, 5.41) is 2.81. The van der Waals surface area contributed by atoms with Crippen LogP contribution in [0, 0.1) is 5.41 Å². The first kappa shape index (κ1) is 26.8. The second kappa shape index (κ2) is 12.0. The van der Waals surface area contributed by atoms with Crippen molar-refractivity contribution in [2.24, 2.45) is 5.41 Å². The van der Waals surface area contributed by atoms with Crippen LogP contribution in [0.3, 0.4) is 0 Å². The monoisotopic (exact) mass is 556 g/mol. The van der Waals surface area contributed by atoms with Gasteiger partial charge in [0.15, 0.2) is 0 Å². The molecule has 3 heterocycles. The molecule has 0 spiro atoms. The van der Waals surface area contributed by atoms with Gasteiger partial charge in [-0.25, -0.2) is 0 Å². The zero-order valence-corrected chi connectivity index (χ0v) is 25.0. The molecular formula is C35H40O2S2. The number of benzene rings is 3. The number of hydrogen-bond donors (Lipinski definition) is 0. The predicted molar refractivity (Wildman–Crippen MR) is 171 cm³/mol. The summed E-state index contributed by atoms with van der Waals surface area (Å²) in [4.78, 5) is 0. The number of aryl methyl sites for hydroxylation is 1. The van der Waals surface area contributed by atoms with E-state index in [0.29, 0.717) is 6.61 Å². The van der Waals surface area contributed by atoms with Gasteiger partial charge in [-0.15, -0.1) is 22.7 Å². The molecule has 1 fully saturated rings. The third kappa shape index (κ3) is 6.04. The number of thiophene rings is 2. The first-order valence-electron chi connectivity index (χ1n) is 14.8. The summed E-state index contributed by atoms with van der Waals surface area (Å²) < 4.78 is 17.1. The zero-order valence-electron chi connectivity index (χ0n) is 23.4. The quantitative estimate of drug-likeness (QED) is 0.134. The van der Waals surface area contributed by atoms with Gasteiger partial charge in [0.1, 0.15) is 5.75 Å². The molecule has 0 atom stereocenters. The molecule has 2 nitrogen and oxygen atoms in total. The van der Waals surface area contributed by atoms with Crippen molar-refractivity contribution in [2.45, 2.75) is 71.6 Å². The maximum absolute atomic E-state index is 6.02. The number of fused-ring (bicyclic) bond motifs is 5. The Balaban J connectivity index is 1.11. The van der Waals surface area contributed by atoms with Crippen LogP contribution in [0.2, 0.25) is 0 Å². The van der Waals surface area contributed by atoms with Crippen LogP contribution >= 0.6 is 22.7 Å². The minimum Gasteiger partial charge on any atom is -0.493 e. The third-order valence-corrected chi connectivity index (χ3v) is 10.6. The maximum atomic E-state index is 6.02. The van der Waals surface area contributed by atoms with E-state index >= 15 is 0 Å². The van der Waals surface area contributed by atoms with Gasteiger partial charge in [-0.2, -0.15) is 0 Å². The average Bonchev–Trinajstić information content (AvgIpc) is 3.47. The van der Waals surface area contributed by atoms with Gasteiger partial charge in [0.2, 0.25) is 0 Å². The van der Waals surface area contributed by atoms with Crippen LogP contribution in [0.5, 0.6) is 5.75 Å². The lowest BCUT2D eigenvalue weighted by Gasteiger charge is -2.37. The van der Waals surface area contributed by atoms with Crippen molar-refractivity contribution >= 4 is 52.2 Å². The van der Waals surface area contributed by atoms with Gasteiger partial charge in [0.25, 0.3) is 0 Å². The van der Waals surface area contributed by atoms with E-state index in [-0.39, 0.29) is 5.41 Å². The van der Waals surface area contributed by atoms with Gasteiger partial charge in [-0.05, 0) is 53.8 Å². The van der Waals surface area contributed by atoms with Crippen LogP contribution in [0.25, 0.3) is 40.7 Å². The van der Waals surface area contributed by atoms with E-state index in [1.807, 2.05) is 22.7 Å². The van der Waals surface area contributed by atoms with Gasteiger partial charge in [0, 0.05) is 25.6 Å². The molecule has 0 unspecified atom stereocenters. The molecule has 2 aromatic heterocycles. The molecule has 0 N–H and O–H groups in total. The summed E-state index contributed by atoms with van der Waals surface area (Å²) in [6, 6.07) is 22.7. The van der Waals surface area contributed by atoms with Gasteiger partial charge < -0.3 is 9.47 Å². The molecule has 1 aliphatic heterocycles.